The second-order valence-corrected chi connectivity index (χ2v) is 5.89. The average molecular weight is 285 g/mol. The van der Waals surface area contributed by atoms with E-state index in [-0.39, 0.29) is 7.43 Å². The van der Waals surface area contributed by atoms with Gasteiger partial charge in [-0.15, -0.1) is 0 Å². The molecule has 21 heavy (non-hydrogen) atoms. The number of hydrogen-bond donors (Lipinski definition) is 1. The van der Waals surface area contributed by atoms with Crippen LogP contribution in [-0.4, -0.2) is 0 Å². The lowest BCUT2D eigenvalue weighted by molar-refractivity contribution is 0.866. The first-order valence-corrected chi connectivity index (χ1v) is 7.32. The zero-order valence-corrected chi connectivity index (χ0v) is 13.4. The van der Waals surface area contributed by atoms with Crippen LogP contribution in [0.4, 0.5) is 5.69 Å². The highest BCUT2D eigenvalue weighted by Crippen LogP contribution is 2.15. The Kier molecular flexibility index (Phi) is 8.45. The van der Waals surface area contributed by atoms with Gasteiger partial charge >= 0.3 is 0 Å². The zero-order chi connectivity index (χ0) is 15.1. The smallest absolute Gasteiger partial charge is 0.0314 e. The molecule has 2 rings (SSSR count). The van der Waals surface area contributed by atoms with Crippen molar-refractivity contribution >= 4 is 5.69 Å². The molecule has 1 heteroatoms. The lowest BCUT2D eigenvalue weighted by atomic mass is 10.0. The van der Waals surface area contributed by atoms with E-state index in [1.54, 1.807) is 0 Å². The summed E-state index contributed by atoms with van der Waals surface area (Å²) in [6.07, 6.45) is 0. The van der Waals surface area contributed by atoms with Crippen molar-refractivity contribution in [3.05, 3.63) is 65.2 Å². The van der Waals surface area contributed by atoms with Crippen LogP contribution in [-0.2, 0) is 0 Å². The molecule has 0 aliphatic heterocycles. The minimum atomic E-state index is 0. The lowest BCUT2D eigenvalue weighted by Gasteiger charge is -2.03. The SMILES string of the molecule is C.CC(C)c1ccc(N)cc1.Cc1ccc(C(C)C)cc1. The summed E-state index contributed by atoms with van der Waals surface area (Å²) in [4.78, 5) is 0. The highest BCUT2D eigenvalue weighted by atomic mass is 14.5. The Balaban J connectivity index is 0.000000364. The molecule has 0 amide bonds. The van der Waals surface area contributed by atoms with Crippen molar-refractivity contribution in [2.75, 3.05) is 5.73 Å². The Morgan fingerprint density at radius 2 is 1.00 bits per heavy atom. The number of nitrogen functional groups attached to an aromatic ring is 1. The van der Waals surface area contributed by atoms with Gasteiger partial charge in [0.1, 0.15) is 0 Å². The maximum absolute atomic E-state index is 5.53. The molecule has 0 saturated heterocycles. The summed E-state index contributed by atoms with van der Waals surface area (Å²) < 4.78 is 0. The second kappa shape index (κ2) is 9.23. The van der Waals surface area contributed by atoms with Crippen molar-refractivity contribution in [2.24, 2.45) is 0 Å². The van der Waals surface area contributed by atoms with Gasteiger partial charge in [0, 0.05) is 5.69 Å². The van der Waals surface area contributed by atoms with E-state index in [0.717, 1.165) is 5.69 Å². The summed E-state index contributed by atoms with van der Waals surface area (Å²) in [5, 5.41) is 0. The number of aryl methyl sites for hydroxylation is 1. The second-order valence-electron chi connectivity index (χ2n) is 5.89. The minimum Gasteiger partial charge on any atom is -0.399 e. The van der Waals surface area contributed by atoms with Gasteiger partial charge in [-0.2, -0.15) is 0 Å². The Labute approximate surface area is 131 Å². The normalized spacial score (nSPS) is 9.86. The van der Waals surface area contributed by atoms with Gasteiger partial charge in [-0.05, 0) is 42.0 Å². The zero-order valence-electron chi connectivity index (χ0n) is 13.4. The molecule has 2 N–H and O–H groups in total. The van der Waals surface area contributed by atoms with E-state index in [1.165, 1.54) is 16.7 Å². The van der Waals surface area contributed by atoms with E-state index in [4.69, 9.17) is 5.73 Å². The molecule has 0 radical (unpaired) electrons. The molecule has 2 aromatic rings. The average Bonchev–Trinajstić information content (AvgIpc) is 2.40. The molecule has 116 valence electrons. The van der Waals surface area contributed by atoms with E-state index >= 15 is 0 Å². The first-order chi connectivity index (χ1) is 9.40. The number of rotatable bonds is 2. The van der Waals surface area contributed by atoms with E-state index < -0.39 is 0 Å². The molecule has 0 atom stereocenters. The number of anilines is 1. The first-order valence-electron chi connectivity index (χ1n) is 7.32. The van der Waals surface area contributed by atoms with Gasteiger partial charge in [-0.25, -0.2) is 0 Å². The van der Waals surface area contributed by atoms with E-state index in [1.807, 2.05) is 12.1 Å². The van der Waals surface area contributed by atoms with Crippen molar-refractivity contribution in [2.45, 2.75) is 53.9 Å². The molecule has 0 unspecified atom stereocenters. The summed E-state index contributed by atoms with van der Waals surface area (Å²) in [5.41, 5.74) is 10.5. The number of hydrogen-bond acceptors (Lipinski definition) is 1. The van der Waals surface area contributed by atoms with Crippen molar-refractivity contribution in [3.63, 3.8) is 0 Å². The van der Waals surface area contributed by atoms with Crippen LogP contribution in [0.3, 0.4) is 0 Å². The van der Waals surface area contributed by atoms with Crippen LogP contribution in [0.15, 0.2) is 48.5 Å². The summed E-state index contributed by atoms with van der Waals surface area (Å²) in [6.45, 7) is 10.9. The highest BCUT2D eigenvalue weighted by Gasteiger charge is 1.96. The summed E-state index contributed by atoms with van der Waals surface area (Å²) in [5.74, 6) is 1.25. The van der Waals surface area contributed by atoms with Crippen LogP contribution in [0.25, 0.3) is 0 Å². The first kappa shape index (κ1) is 19.2. The van der Waals surface area contributed by atoms with Gasteiger partial charge in [0.05, 0.1) is 0 Å². The molecule has 1 nitrogen and oxygen atoms in total. The van der Waals surface area contributed by atoms with Gasteiger partial charge in [0.15, 0.2) is 0 Å². The lowest BCUT2D eigenvalue weighted by Crippen LogP contribution is -1.88. The van der Waals surface area contributed by atoms with Crippen LogP contribution in [0.5, 0.6) is 0 Å². The summed E-state index contributed by atoms with van der Waals surface area (Å²) >= 11 is 0. The third-order valence-corrected chi connectivity index (χ3v) is 3.35. The van der Waals surface area contributed by atoms with Crippen LogP contribution in [0.2, 0.25) is 0 Å². The summed E-state index contributed by atoms with van der Waals surface area (Å²) in [6, 6.07) is 16.7. The van der Waals surface area contributed by atoms with Crippen LogP contribution >= 0.6 is 0 Å². The van der Waals surface area contributed by atoms with E-state index in [9.17, 15) is 0 Å². The standard InChI is InChI=1S/C10H14.C9H13N.CH4/c1-8(2)10-6-4-9(3)5-7-10;1-7(2)8-3-5-9(10)6-4-8;/h4-8H,1-3H3;3-7H,10H2,1-2H3;1H4. The third-order valence-electron chi connectivity index (χ3n) is 3.35. The molecule has 0 aliphatic rings. The predicted octanol–water partition coefficient (Wildman–Crippen LogP) is 6.15. The fraction of sp³-hybridized carbons (Fsp3) is 0.400. The Morgan fingerprint density at radius 1 is 0.667 bits per heavy atom. The van der Waals surface area contributed by atoms with Gasteiger partial charge < -0.3 is 5.73 Å². The topological polar surface area (TPSA) is 26.0 Å². The molecule has 0 saturated carbocycles. The minimum absolute atomic E-state index is 0. The fourth-order valence-corrected chi connectivity index (χ4v) is 1.83. The monoisotopic (exact) mass is 285 g/mol. The fourth-order valence-electron chi connectivity index (χ4n) is 1.83. The molecule has 0 fully saturated rings. The Bertz CT molecular complexity index is 443. The van der Waals surface area contributed by atoms with Crippen LogP contribution in [0.1, 0.15) is 63.6 Å². The number of nitrogens with two attached hydrogens (primary N) is 1. The maximum atomic E-state index is 5.53. The Morgan fingerprint density at radius 3 is 1.33 bits per heavy atom. The predicted molar refractivity (Wildman–Crippen MR) is 96.9 cm³/mol. The van der Waals surface area contributed by atoms with Crippen molar-refractivity contribution in [1.29, 1.82) is 0 Å². The Hall–Kier alpha value is -1.76. The molecule has 0 heterocycles. The molecule has 0 bridgehead atoms. The van der Waals surface area contributed by atoms with Crippen LogP contribution < -0.4 is 5.73 Å². The molecule has 0 spiro atoms. The molecule has 0 aromatic heterocycles. The highest BCUT2D eigenvalue weighted by molar-refractivity contribution is 5.39. The quantitative estimate of drug-likeness (QED) is 0.658. The maximum Gasteiger partial charge on any atom is 0.0314 e. The molecule has 2 aromatic carbocycles. The van der Waals surface area contributed by atoms with Gasteiger partial charge in [0.2, 0.25) is 0 Å². The van der Waals surface area contributed by atoms with Gasteiger partial charge in [-0.3, -0.25) is 0 Å². The molecular weight excluding hydrogens is 254 g/mol. The largest absolute Gasteiger partial charge is 0.399 e. The van der Waals surface area contributed by atoms with E-state index in [2.05, 4.69) is 71.0 Å². The van der Waals surface area contributed by atoms with E-state index in [0.29, 0.717) is 11.8 Å². The van der Waals surface area contributed by atoms with Crippen LogP contribution in [0, 0.1) is 6.92 Å². The van der Waals surface area contributed by atoms with Crippen molar-refractivity contribution in [3.8, 4) is 0 Å². The van der Waals surface area contributed by atoms with Gasteiger partial charge in [0.25, 0.3) is 0 Å². The summed E-state index contributed by atoms with van der Waals surface area (Å²) in [7, 11) is 0. The third kappa shape index (κ3) is 6.99. The van der Waals surface area contributed by atoms with Gasteiger partial charge in [-0.1, -0.05) is 77.1 Å². The van der Waals surface area contributed by atoms with Crippen molar-refractivity contribution < 1.29 is 0 Å². The van der Waals surface area contributed by atoms with Crippen molar-refractivity contribution in [1.82, 2.24) is 0 Å². The number of benzene rings is 2. The molecule has 0 aliphatic carbocycles. The molecular formula is C20H31N.